The molecule has 3 fully saturated rings. The third-order valence-corrected chi connectivity index (χ3v) is 13.2. The van der Waals surface area contributed by atoms with E-state index in [1.54, 1.807) is 0 Å². The van der Waals surface area contributed by atoms with Crippen LogP contribution in [0.3, 0.4) is 0 Å². The second kappa shape index (κ2) is 14.6. The van der Waals surface area contributed by atoms with Crippen LogP contribution in [0.2, 0.25) is 18.1 Å². The maximum atomic E-state index is 10.9. The SMILES string of the molecule is CC(C)(C)[Si](C)(C)OCC1C(C/C=C\CCCC(=O)O)[C@@H](OC2CCCCO2)C[C@H]1OC1CCCCO1. The summed E-state index contributed by atoms with van der Waals surface area (Å²) in [4.78, 5) is 10.9. The highest BCUT2D eigenvalue weighted by atomic mass is 28.4. The molecular weight excluding hydrogens is 488 g/mol. The van der Waals surface area contributed by atoms with Crippen molar-refractivity contribution in [3.8, 4) is 0 Å². The molecule has 0 aromatic heterocycles. The maximum absolute atomic E-state index is 10.9. The van der Waals surface area contributed by atoms with Crippen LogP contribution in [0, 0.1) is 11.8 Å². The van der Waals surface area contributed by atoms with Crippen LogP contribution in [-0.2, 0) is 28.2 Å². The van der Waals surface area contributed by atoms with E-state index in [2.05, 4.69) is 46.0 Å². The van der Waals surface area contributed by atoms with Gasteiger partial charge in [0.2, 0.25) is 0 Å². The van der Waals surface area contributed by atoms with E-state index in [1.165, 1.54) is 0 Å². The number of carboxylic acids is 1. The highest BCUT2D eigenvalue weighted by Gasteiger charge is 2.48. The van der Waals surface area contributed by atoms with E-state index in [1.807, 2.05) is 0 Å². The highest BCUT2D eigenvalue weighted by molar-refractivity contribution is 6.74. The summed E-state index contributed by atoms with van der Waals surface area (Å²) in [7, 11) is -1.93. The summed E-state index contributed by atoms with van der Waals surface area (Å²) in [6.45, 7) is 13.6. The quantitative estimate of drug-likeness (QED) is 0.159. The molecule has 1 aliphatic carbocycles. The molecule has 0 bridgehead atoms. The van der Waals surface area contributed by atoms with Gasteiger partial charge in [-0.3, -0.25) is 4.79 Å². The molecule has 1 saturated carbocycles. The molecule has 0 aromatic rings. The maximum Gasteiger partial charge on any atom is 0.303 e. The number of hydrogen-bond acceptors (Lipinski definition) is 6. The Morgan fingerprint density at radius 2 is 1.54 bits per heavy atom. The first-order chi connectivity index (χ1) is 17.6. The lowest BCUT2D eigenvalue weighted by Gasteiger charge is -2.39. The second-order valence-electron chi connectivity index (χ2n) is 12.6. The molecule has 3 rings (SSSR count). The molecule has 0 spiro atoms. The number of carbonyl (C=O) groups is 1. The van der Waals surface area contributed by atoms with Gasteiger partial charge < -0.3 is 28.5 Å². The summed E-state index contributed by atoms with van der Waals surface area (Å²) in [5.74, 6) is -0.283. The molecule has 0 radical (unpaired) electrons. The van der Waals surface area contributed by atoms with E-state index in [9.17, 15) is 4.79 Å². The summed E-state index contributed by atoms with van der Waals surface area (Å²) in [6, 6.07) is 0. The van der Waals surface area contributed by atoms with Gasteiger partial charge in [0, 0.05) is 38.6 Å². The zero-order valence-corrected chi connectivity index (χ0v) is 24.9. The van der Waals surface area contributed by atoms with Gasteiger partial charge in [0.25, 0.3) is 0 Å². The van der Waals surface area contributed by atoms with Gasteiger partial charge in [-0.25, -0.2) is 0 Å². The Hall–Kier alpha value is -0.773. The van der Waals surface area contributed by atoms with Crippen molar-refractivity contribution in [2.75, 3.05) is 19.8 Å². The number of ether oxygens (including phenoxy) is 4. The third-order valence-electron chi connectivity index (χ3n) is 8.68. The molecule has 37 heavy (non-hydrogen) atoms. The van der Waals surface area contributed by atoms with Crippen molar-refractivity contribution < 1.29 is 33.3 Å². The van der Waals surface area contributed by atoms with Crippen molar-refractivity contribution in [1.82, 2.24) is 0 Å². The normalized spacial score (nSPS) is 31.7. The molecule has 3 aliphatic rings. The molecule has 0 aromatic carbocycles. The minimum absolute atomic E-state index is 0.0202. The van der Waals surface area contributed by atoms with Crippen LogP contribution in [-0.4, -0.2) is 64.0 Å². The van der Waals surface area contributed by atoms with E-state index in [0.29, 0.717) is 13.0 Å². The molecule has 7 nitrogen and oxygen atoms in total. The van der Waals surface area contributed by atoms with Gasteiger partial charge in [0.1, 0.15) is 0 Å². The Morgan fingerprint density at radius 3 is 2.05 bits per heavy atom. The van der Waals surface area contributed by atoms with Crippen LogP contribution < -0.4 is 0 Å². The summed E-state index contributed by atoms with van der Waals surface area (Å²) < 4.78 is 32.0. The second-order valence-corrected chi connectivity index (χ2v) is 17.4. The number of allylic oxidation sites excluding steroid dienone is 2. The molecule has 2 aliphatic heterocycles. The van der Waals surface area contributed by atoms with Gasteiger partial charge in [-0.1, -0.05) is 32.9 Å². The van der Waals surface area contributed by atoms with Gasteiger partial charge in [-0.15, -0.1) is 0 Å². The lowest BCUT2D eigenvalue weighted by Crippen LogP contribution is -2.44. The zero-order chi connectivity index (χ0) is 26.9. The summed E-state index contributed by atoms with van der Waals surface area (Å²) in [5, 5.41) is 9.06. The molecule has 2 saturated heterocycles. The van der Waals surface area contributed by atoms with Crippen molar-refractivity contribution in [1.29, 1.82) is 0 Å². The van der Waals surface area contributed by atoms with Crippen molar-refractivity contribution in [3.05, 3.63) is 12.2 Å². The van der Waals surface area contributed by atoms with Gasteiger partial charge in [0.15, 0.2) is 20.9 Å². The Kier molecular flexibility index (Phi) is 12.1. The molecule has 214 valence electrons. The van der Waals surface area contributed by atoms with Crippen LogP contribution >= 0.6 is 0 Å². The predicted molar refractivity (Wildman–Crippen MR) is 147 cm³/mol. The number of aliphatic carboxylic acids is 1. The lowest BCUT2D eigenvalue weighted by molar-refractivity contribution is -0.204. The summed E-state index contributed by atoms with van der Waals surface area (Å²) in [5.41, 5.74) is 0. The Bertz CT molecular complexity index is 708. The first-order valence-corrected chi connectivity index (χ1v) is 17.5. The first-order valence-electron chi connectivity index (χ1n) is 14.6. The summed E-state index contributed by atoms with van der Waals surface area (Å²) >= 11 is 0. The number of carboxylic acid groups (broad SMARTS) is 1. The van der Waals surface area contributed by atoms with Crippen LogP contribution in [0.15, 0.2) is 12.2 Å². The van der Waals surface area contributed by atoms with Crippen molar-refractivity contribution >= 4 is 14.3 Å². The summed E-state index contributed by atoms with van der Waals surface area (Å²) in [6.07, 6.45) is 13.8. The Labute approximate surface area is 225 Å². The Morgan fingerprint density at radius 1 is 0.946 bits per heavy atom. The highest BCUT2D eigenvalue weighted by Crippen LogP contribution is 2.43. The largest absolute Gasteiger partial charge is 0.481 e. The molecular formula is C29H52O7Si. The van der Waals surface area contributed by atoms with Gasteiger partial charge >= 0.3 is 5.97 Å². The van der Waals surface area contributed by atoms with Crippen LogP contribution in [0.1, 0.15) is 91.4 Å². The fraction of sp³-hybridized carbons (Fsp3) is 0.897. The lowest BCUT2D eigenvalue weighted by atomic mass is 9.90. The van der Waals surface area contributed by atoms with Crippen LogP contribution in [0.4, 0.5) is 0 Å². The molecule has 8 heteroatoms. The minimum Gasteiger partial charge on any atom is -0.481 e. The van der Waals surface area contributed by atoms with E-state index in [0.717, 1.165) is 71.0 Å². The van der Waals surface area contributed by atoms with Crippen molar-refractivity contribution in [2.45, 2.75) is 134 Å². The van der Waals surface area contributed by atoms with Gasteiger partial charge in [-0.2, -0.15) is 0 Å². The van der Waals surface area contributed by atoms with E-state index in [4.69, 9.17) is 28.5 Å². The topological polar surface area (TPSA) is 83.5 Å². The first kappa shape index (κ1) is 30.8. The van der Waals surface area contributed by atoms with E-state index in [-0.39, 0.29) is 48.1 Å². The average molecular weight is 541 g/mol. The molecule has 2 heterocycles. The monoisotopic (exact) mass is 540 g/mol. The van der Waals surface area contributed by atoms with E-state index < -0.39 is 14.3 Å². The van der Waals surface area contributed by atoms with Crippen molar-refractivity contribution in [2.24, 2.45) is 11.8 Å². The predicted octanol–water partition coefficient (Wildman–Crippen LogP) is 6.67. The fourth-order valence-electron chi connectivity index (χ4n) is 5.29. The number of hydrogen-bond donors (Lipinski definition) is 1. The van der Waals surface area contributed by atoms with Crippen molar-refractivity contribution in [3.63, 3.8) is 0 Å². The zero-order valence-electron chi connectivity index (χ0n) is 23.9. The smallest absolute Gasteiger partial charge is 0.303 e. The average Bonchev–Trinajstić information content (AvgIpc) is 3.15. The fourth-order valence-corrected chi connectivity index (χ4v) is 6.33. The third kappa shape index (κ3) is 9.73. The molecule has 4 unspecified atom stereocenters. The van der Waals surface area contributed by atoms with E-state index >= 15 is 0 Å². The Balaban J connectivity index is 1.74. The molecule has 0 amide bonds. The van der Waals surface area contributed by atoms with Crippen LogP contribution in [0.25, 0.3) is 0 Å². The number of unbranched alkanes of at least 4 members (excludes halogenated alkanes) is 1. The van der Waals surface area contributed by atoms with Gasteiger partial charge in [-0.05, 0) is 81.8 Å². The van der Waals surface area contributed by atoms with Gasteiger partial charge in [0.05, 0.1) is 12.2 Å². The minimum atomic E-state index is -1.93. The van der Waals surface area contributed by atoms with Crippen LogP contribution in [0.5, 0.6) is 0 Å². The molecule has 6 atom stereocenters. The molecule has 1 N–H and O–H groups in total. The number of rotatable bonds is 13. The standard InChI is InChI=1S/C29H52O7Si/c1-29(2,3)37(4,5)34-21-23-22(14-8-6-7-9-15-26(30)31)24(35-27-16-10-12-18-32-27)20-25(23)36-28-17-11-13-19-33-28/h6,8,22-25,27-28H,7,9-21H2,1-5H3,(H,30,31)/b8-6-/t22?,23?,24-,25+,27?,28?/m0/s1.